The van der Waals surface area contributed by atoms with Crippen LogP contribution in [-0.4, -0.2) is 21.1 Å². The summed E-state index contributed by atoms with van der Waals surface area (Å²) in [6.07, 6.45) is 6.98. The maximum atomic E-state index is 11.3. The Bertz CT molecular complexity index is 745. The number of pyridine rings is 1. The minimum Gasteiger partial charge on any atom is -0.298 e. The van der Waals surface area contributed by atoms with E-state index in [-0.39, 0.29) is 0 Å². The molecule has 0 saturated heterocycles. The van der Waals surface area contributed by atoms with E-state index in [9.17, 15) is 4.79 Å². The van der Waals surface area contributed by atoms with Gasteiger partial charge in [0, 0.05) is 24.2 Å². The van der Waals surface area contributed by atoms with Crippen LogP contribution in [0.2, 0.25) is 0 Å². The molecule has 0 spiro atoms. The first-order valence-electron chi connectivity index (χ1n) is 6.86. The molecule has 2 heterocycles. The lowest BCUT2D eigenvalue weighted by atomic mass is 10.1. The number of hydrogen-bond acceptors (Lipinski definition) is 3. The number of hydrogen-bond donors (Lipinski definition) is 0. The van der Waals surface area contributed by atoms with Gasteiger partial charge in [0.25, 0.3) is 0 Å². The Morgan fingerprint density at radius 3 is 2.43 bits per heavy atom. The maximum absolute atomic E-state index is 11.3. The number of aryl methyl sites for hydroxylation is 1. The van der Waals surface area contributed by atoms with Gasteiger partial charge < -0.3 is 0 Å². The lowest BCUT2D eigenvalue weighted by molar-refractivity contribution is 0.112. The Balaban J connectivity index is 2.05. The van der Waals surface area contributed by atoms with Gasteiger partial charge in [-0.1, -0.05) is 31.2 Å². The van der Waals surface area contributed by atoms with Crippen LogP contribution < -0.4 is 0 Å². The second-order valence-corrected chi connectivity index (χ2v) is 4.75. The van der Waals surface area contributed by atoms with Crippen LogP contribution in [0.1, 0.15) is 22.8 Å². The van der Waals surface area contributed by atoms with Gasteiger partial charge in [0.2, 0.25) is 0 Å². The quantitative estimate of drug-likeness (QED) is 0.687. The van der Waals surface area contributed by atoms with Crippen molar-refractivity contribution in [1.82, 2.24) is 14.8 Å². The molecular formula is C17H15N3O. The van der Waals surface area contributed by atoms with E-state index in [2.05, 4.69) is 29.1 Å². The van der Waals surface area contributed by atoms with Gasteiger partial charge in [0.1, 0.15) is 5.69 Å². The van der Waals surface area contributed by atoms with Crippen molar-refractivity contribution in [3.05, 3.63) is 66.1 Å². The lowest BCUT2D eigenvalue weighted by Gasteiger charge is -2.01. The van der Waals surface area contributed by atoms with Crippen LogP contribution >= 0.6 is 0 Å². The summed E-state index contributed by atoms with van der Waals surface area (Å²) < 4.78 is 1.70. The molecule has 0 aliphatic carbocycles. The molecule has 0 bridgehead atoms. The van der Waals surface area contributed by atoms with Crippen molar-refractivity contribution in [3.8, 4) is 16.9 Å². The first-order valence-corrected chi connectivity index (χ1v) is 6.86. The second-order valence-electron chi connectivity index (χ2n) is 4.75. The highest BCUT2D eigenvalue weighted by Crippen LogP contribution is 2.23. The van der Waals surface area contributed by atoms with Crippen LogP contribution in [-0.2, 0) is 6.42 Å². The SMILES string of the molecule is CCc1ccc(-c2nn(-c3ccncc3)cc2C=O)cc1. The van der Waals surface area contributed by atoms with Crippen LogP contribution in [0.5, 0.6) is 0 Å². The molecule has 104 valence electrons. The van der Waals surface area contributed by atoms with E-state index in [0.717, 1.165) is 24.0 Å². The molecule has 0 aliphatic rings. The smallest absolute Gasteiger partial charge is 0.153 e. The molecule has 3 aromatic rings. The van der Waals surface area contributed by atoms with Gasteiger partial charge in [0.05, 0.1) is 11.3 Å². The summed E-state index contributed by atoms with van der Waals surface area (Å²) in [6, 6.07) is 11.8. The first-order chi connectivity index (χ1) is 10.3. The van der Waals surface area contributed by atoms with Crippen LogP contribution in [0, 0.1) is 0 Å². The third-order valence-electron chi connectivity index (χ3n) is 3.43. The van der Waals surface area contributed by atoms with Crippen molar-refractivity contribution >= 4 is 6.29 Å². The third kappa shape index (κ3) is 2.60. The summed E-state index contributed by atoms with van der Waals surface area (Å²) in [6.45, 7) is 2.12. The molecule has 4 heteroatoms. The van der Waals surface area contributed by atoms with Gasteiger partial charge in [-0.15, -0.1) is 0 Å². The number of carbonyl (C=O) groups excluding carboxylic acids is 1. The minimum atomic E-state index is 0.580. The molecule has 0 aliphatic heterocycles. The maximum Gasteiger partial charge on any atom is 0.153 e. The van der Waals surface area contributed by atoms with Crippen molar-refractivity contribution in [3.63, 3.8) is 0 Å². The average molecular weight is 277 g/mol. The molecule has 0 atom stereocenters. The largest absolute Gasteiger partial charge is 0.298 e. The predicted molar refractivity (Wildman–Crippen MR) is 81.6 cm³/mol. The first kappa shape index (κ1) is 13.2. The Hall–Kier alpha value is -2.75. The molecule has 0 amide bonds. The van der Waals surface area contributed by atoms with Gasteiger partial charge in [-0.3, -0.25) is 9.78 Å². The molecule has 2 aromatic heterocycles. The molecule has 21 heavy (non-hydrogen) atoms. The molecule has 0 saturated carbocycles. The molecule has 0 radical (unpaired) electrons. The van der Waals surface area contributed by atoms with Crippen molar-refractivity contribution in [1.29, 1.82) is 0 Å². The van der Waals surface area contributed by atoms with Crippen LogP contribution in [0.3, 0.4) is 0 Å². The average Bonchev–Trinajstić information content (AvgIpc) is 3.00. The van der Waals surface area contributed by atoms with Crippen LogP contribution in [0.25, 0.3) is 16.9 Å². The monoisotopic (exact) mass is 277 g/mol. The number of carbonyl (C=O) groups is 1. The van der Waals surface area contributed by atoms with E-state index < -0.39 is 0 Å². The zero-order chi connectivity index (χ0) is 14.7. The molecule has 3 rings (SSSR count). The van der Waals surface area contributed by atoms with Gasteiger partial charge in [0.15, 0.2) is 6.29 Å². The number of rotatable bonds is 4. The fourth-order valence-electron chi connectivity index (χ4n) is 2.23. The molecule has 4 nitrogen and oxygen atoms in total. The zero-order valence-electron chi connectivity index (χ0n) is 11.7. The van der Waals surface area contributed by atoms with Crippen molar-refractivity contribution in [2.75, 3.05) is 0 Å². The summed E-state index contributed by atoms with van der Waals surface area (Å²) in [5, 5.41) is 4.53. The molecule has 0 unspecified atom stereocenters. The van der Waals surface area contributed by atoms with Gasteiger partial charge in [-0.2, -0.15) is 5.10 Å². The number of benzene rings is 1. The standard InChI is InChI=1S/C17H15N3O/c1-2-13-3-5-14(6-4-13)17-15(12-21)11-20(19-17)16-7-9-18-10-8-16/h3-12H,2H2,1H3. The molecule has 0 fully saturated rings. The molecular weight excluding hydrogens is 262 g/mol. The van der Waals surface area contributed by atoms with Crippen molar-refractivity contribution in [2.45, 2.75) is 13.3 Å². The minimum absolute atomic E-state index is 0.580. The van der Waals surface area contributed by atoms with E-state index in [1.807, 2.05) is 24.3 Å². The van der Waals surface area contributed by atoms with Gasteiger partial charge in [-0.05, 0) is 24.1 Å². The molecule has 1 aromatic carbocycles. The topological polar surface area (TPSA) is 47.8 Å². The summed E-state index contributed by atoms with van der Waals surface area (Å²) in [7, 11) is 0. The highest BCUT2D eigenvalue weighted by atomic mass is 16.1. The van der Waals surface area contributed by atoms with E-state index in [4.69, 9.17) is 0 Å². The van der Waals surface area contributed by atoms with Crippen LogP contribution in [0.15, 0.2) is 55.0 Å². The van der Waals surface area contributed by atoms with E-state index in [1.165, 1.54) is 5.56 Å². The number of aromatic nitrogens is 3. The Morgan fingerprint density at radius 1 is 1.10 bits per heavy atom. The highest BCUT2D eigenvalue weighted by Gasteiger charge is 2.11. The summed E-state index contributed by atoms with van der Waals surface area (Å²) in [5.74, 6) is 0. The van der Waals surface area contributed by atoms with Crippen LogP contribution in [0.4, 0.5) is 0 Å². The zero-order valence-corrected chi connectivity index (χ0v) is 11.7. The van der Waals surface area contributed by atoms with Gasteiger partial charge in [-0.25, -0.2) is 4.68 Å². The Labute approximate surface area is 123 Å². The number of aldehydes is 1. The molecule has 0 N–H and O–H groups in total. The van der Waals surface area contributed by atoms with Crippen molar-refractivity contribution < 1.29 is 4.79 Å². The van der Waals surface area contributed by atoms with Crippen molar-refractivity contribution in [2.24, 2.45) is 0 Å². The fourth-order valence-corrected chi connectivity index (χ4v) is 2.23. The normalized spacial score (nSPS) is 10.5. The Kier molecular flexibility index (Phi) is 3.60. The lowest BCUT2D eigenvalue weighted by Crippen LogP contribution is -1.94. The highest BCUT2D eigenvalue weighted by molar-refractivity contribution is 5.85. The Morgan fingerprint density at radius 2 is 1.81 bits per heavy atom. The predicted octanol–water partition coefficient (Wildman–Crippen LogP) is 3.31. The van der Waals surface area contributed by atoms with Gasteiger partial charge >= 0.3 is 0 Å². The van der Waals surface area contributed by atoms with E-state index >= 15 is 0 Å². The summed E-state index contributed by atoms with van der Waals surface area (Å²) >= 11 is 0. The number of nitrogens with zero attached hydrogens (tertiary/aromatic N) is 3. The summed E-state index contributed by atoms with van der Waals surface area (Å²) in [4.78, 5) is 15.3. The summed E-state index contributed by atoms with van der Waals surface area (Å²) in [5.41, 5.74) is 4.37. The second kappa shape index (κ2) is 5.71. The third-order valence-corrected chi connectivity index (χ3v) is 3.43. The van der Waals surface area contributed by atoms with E-state index in [1.54, 1.807) is 23.3 Å². The van der Waals surface area contributed by atoms with E-state index in [0.29, 0.717) is 11.3 Å². The fraction of sp³-hybridized carbons (Fsp3) is 0.118.